The van der Waals surface area contributed by atoms with Gasteiger partial charge >= 0.3 is 0 Å². The van der Waals surface area contributed by atoms with Crippen molar-refractivity contribution in [2.75, 3.05) is 6.54 Å². The molecular formula is C11H12N2O2. The Morgan fingerprint density at radius 3 is 2.87 bits per heavy atom. The van der Waals surface area contributed by atoms with E-state index in [1.165, 1.54) is 0 Å². The number of nitro benzene ring substituents is 1. The second-order valence-electron chi connectivity index (χ2n) is 3.07. The molecule has 0 atom stereocenters. The molecule has 0 aliphatic rings. The predicted molar refractivity (Wildman–Crippen MR) is 58.4 cm³/mol. The number of hydrogen-bond donors (Lipinski definition) is 1. The van der Waals surface area contributed by atoms with Crippen LogP contribution >= 0.6 is 0 Å². The van der Waals surface area contributed by atoms with E-state index in [4.69, 9.17) is 5.73 Å². The summed E-state index contributed by atoms with van der Waals surface area (Å²) >= 11 is 0. The maximum absolute atomic E-state index is 10.8. The lowest BCUT2D eigenvalue weighted by Gasteiger charge is -1.98. The molecule has 2 N–H and O–H groups in total. The number of hydrogen-bond acceptors (Lipinski definition) is 3. The first-order valence-corrected chi connectivity index (χ1v) is 4.59. The smallest absolute Gasteiger partial charge is 0.287 e. The van der Waals surface area contributed by atoms with Crippen LogP contribution in [0.4, 0.5) is 5.69 Å². The van der Waals surface area contributed by atoms with Crippen LogP contribution in [0.15, 0.2) is 18.2 Å². The third kappa shape index (κ3) is 2.79. The van der Waals surface area contributed by atoms with Gasteiger partial charge in [0.1, 0.15) is 5.56 Å². The molecule has 4 nitrogen and oxygen atoms in total. The quantitative estimate of drug-likeness (QED) is 0.452. The maximum Gasteiger partial charge on any atom is 0.287 e. The molecular weight excluding hydrogens is 192 g/mol. The van der Waals surface area contributed by atoms with Crippen LogP contribution in [0.3, 0.4) is 0 Å². The van der Waals surface area contributed by atoms with Gasteiger partial charge in [-0.05, 0) is 13.0 Å². The van der Waals surface area contributed by atoms with Crippen molar-refractivity contribution < 1.29 is 4.92 Å². The monoisotopic (exact) mass is 204 g/mol. The minimum Gasteiger partial charge on any atom is -0.330 e. The van der Waals surface area contributed by atoms with Gasteiger partial charge in [-0.3, -0.25) is 10.1 Å². The van der Waals surface area contributed by atoms with Gasteiger partial charge in [0.25, 0.3) is 5.69 Å². The van der Waals surface area contributed by atoms with Gasteiger partial charge in [0.15, 0.2) is 0 Å². The molecule has 0 unspecified atom stereocenters. The van der Waals surface area contributed by atoms with Crippen LogP contribution < -0.4 is 5.73 Å². The largest absolute Gasteiger partial charge is 0.330 e. The molecule has 15 heavy (non-hydrogen) atoms. The van der Waals surface area contributed by atoms with E-state index in [0.29, 0.717) is 24.1 Å². The average molecular weight is 204 g/mol. The summed E-state index contributed by atoms with van der Waals surface area (Å²) in [4.78, 5) is 10.4. The Morgan fingerprint density at radius 2 is 2.27 bits per heavy atom. The highest BCUT2D eigenvalue weighted by molar-refractivity contribution is 5.55. The number of benzene rings is 1. The lowest BCUT2D eigenvalue weighted by atomic mass is 10.1. The summed E-state index contributed by atoms with van der Waals surface area (Å²) in [6.07, 6.45) is 0.547. The Kier molecular flexibility index (Phi) is 3.83. The summed E-state index contributed by atoms with van der Waals surface area (Å²) in [5.41, 5.74) is 6.45. The van der Waals surface area contributed by atoms with Crippen molar-refractivity contribution >= 4 is 5.69 Å². The van der Waals surface area contributed by atoms with Crippen molar-refractivity contribution in [3.8, 4) is 11.8 Å². The fraction of sp³-hybridized carbons (Fsp3) is 0.273. The zero-order valence-corrected chi connectivity index (χ0v) is 8.49. The van der Waals surface area contributed by atoms with Crippen molar-refractivity contribution in [3.63, 3.8) is 0 Å². The number of nitrogens with two attached hydrogens (primary N) is 1. The Hall–Kier alpha value is -1.86. The van der Waals surface area contributed by atoms with Crippen molar-refractivity contribution in [1.29, 1.82) is 0 Å². The van der Waals surface area contributed by atoms with Crippen molar-refractivity contribution in [2.24, 2.45) is 5.73 Å². The molecule has 0 aliphatic heterocycles. The van der Waals surface area contributed by atoms with E-state index in [0.717, 1.165) is 0 Å². The van der Waals surface area contributed by atoms with Crippen LogP contribution in [0.5, 0.6) is 0 Å². The molecule has 0 heterocycles. The first kappa shape index (κ1) is 11.2. The highest BCUT2D eigenvalue weighted by Gasteiger charge is 2.14. The zero-order valence-electron chi connectivity index (χ0n) is 8.49. The molecule has 1 rings (SSSR count). The van der Waals surface area contributed by atoms with Gasteiger partial charge in [-0.25, -0.2) is 0 Å². The van der Waals surface area contributed by atoms with E-state index in [9.17, 15) is 10.1 Å². The van der Waals surface area contributed by atoms with E-state index in [2.05, 4.69) is 11.8 Å². The van der Waals surface area contributed by atoms with Crippen LogP contribution in [0.1, 0.15) is 17.5 Å². The minimum atomic E-state index is -0.401. The van der Waals surface area contributed by atoms with Gasteiger partial charge in [0.05, 0.1) is 4.92 Å². The Labute approximate surface area is 88.2 Å². The van der Waals surface area contributed by atoms with E-state index in [-0.39, 0.29) is 5.69 Å². The zero-order chi connectivity index (χ0) is 11.3. The van der Waals surface area contributed by atoms with E-state index in [1.807, 2.05) is 0 Å². The summed E-state index contributed by atoms with van der Waals surface area (Å²) in [5.74, 6) is 5.56. The van der Waals surface area contributed by atoms with E-state index < -0.39 is 4.92 Å². The third-order valence-electron chi connectivity index (χ3n) is 1.91. The number of nitro groups is 1. The summed E-state index contributed by atoms with van der Waals surface area (Å²) in [6.45, 7) is 2.17. The van der Waals surface area contributed by atoms with Crippen molar-refractivity contribution in [1.82, 2.24) is 0 Å². The Morgan fingerprint density at radius 1 is 1.53 bits per heavy atom. The summed E-state index contributed by atoms with van der Waals surface area (Å²) in [5, 5.41) is 10.8. The number of rotatable bonds is 2. The molecule has 4 heteroatoms. The Bertz CT molecular complexity index is 430. The summed E-state index contributed by atoms with van der Waals surface area (Å²) in [6, 6.07) is 5.11. The molecule has 1 aromatic carbocycles. The van der Waals surface area contributed by atoms with Crippen LogP contribution in [-0.4, -0.2) is 11.5 Å². The third-order valence-corrected chi connectivity index (χ3v) is 1.91. The second kappa shape index (κ2) is 5.13. The molecule has 78 valence electrons. The molecule has 0 aliphatic carbocycles. The van der Waals surface area contributed by atoms with E-state index >= 15 is 0 Å². The molecule has 0 aromatic heterocycles. The van der Waals surface area contributed by atoms with Gasteiger partial charge in [0, 0.05) is 18.5 Å². The maximum atomic E-state index is 10.8. The number of nitrogens with zero attached hydrogens (tertiary/aromatic N) is 1. The molecule has 0 bridgehead atoms. The molecule has 0 amide bonds. The molecule has 0 spiro atoms. The molecule has 0 saturated heterocycles. The molecule has 0 radical (unpaired) electrons. The van der Waals surface area contributed by atoms with Gasteiger partial charge in [-0.15, -0.1) is 0 Å². The highest BCUT2D eigenvalue weighted by atomic mass is 16.6. The Balaban J connectivity index is 3.13. The van der Waals surface area contributed by atoms with Crippen LogP contribution in [0.2, 0.25) is 0 Å². The molecule has 0 saturated carbocycles. The number of para-hydroxylation sites is 1. The van der Waals surface area contributed by atoms with Gasteiger partial charge < -0.3 is 5.73 Å². The highest BCUT2D eigenvalue weighted by Crippen LogP contribution is 2.21. The lowest BCUT2D eigenvalue weighted by molar-refractivity contribution is -0.385. The van der Waals surface area contributed by atoms with Gasteiger partial charge in [-0.2, -0.15) is 0 Å². The van der Waals surface area contributed by atoms with Crippen molar-refractivity contribution in [3.05, 3.63) is 39.4 Å². The fourth-order valence-electron chi connectivity index (χ4n) is 1.23. The van der Waals surface area contributed by atoms with Crippen LogP contribution in [0, 0.1) is 28.9 Å². The normalized spacial score (nSPS) is 9.20. The number of aryl methyl sites for hydroxylation is 1. The molecule has 0 fully saturated rings. The fourth-order valence-corrected chi connectivity index (χ4v) is 1.23. The van der Waals surface area contributed by atoms with Gasteiger partial charge in [0.2, 0.25) is 0 Å². The first-order valence-electron chi connectivity index (χ1n) is 4.59. The first-order chi connectivity index (χ1) is 7.16. The molecule has 1 aromatic rings. The average Bonchev–Trinajstić information content (AvgIpc) is 2.17. The predicted octanol–water partition coefficient (Wildman–Crippen LogP) is 1.60. The minimum absolute atomic E-state index is 0.0852. The SMILES string of the molecule is Cc1cccc(C#CCCN)c1[N+](=O)[O-]. The standard InChI is InChI=1S/C11H12N2O2/c1-9-5-4-7-10(6-2-3-8-12)11(9)13(14)15/h4-5,7H,3,8,12H2,1H3. The summed E-state index contributed by atoms with van der Waals surface area (Å²) in [7, 11) is 0. The topological polar surface area (TPSA) is 69.2 Å². The summed E-state index contributed by atoms with van der Waals surface area (Å²) < 4.78 is 0. The second-order valence-corrected chi connectivity index (χ2v) is 3.07. The van der Waals surface area contributed by atoms with E-state index in [1.54, 1.807) is 25.1 Å². The van der Waals surface area contributed by atoms with Crippen molar-refractivity contribution in [2.45, 2.75) is 13.3 Å². The van der Waals surface area contributed by atoms with Gasteiger partial charge in [-0.1, -0.05) is 24.0 Å². The lowest BCUT2D eigenvalue weighted by Crippen LogP contribution is -1.97. The van der Waals surface area contributed by atoms with Crippen LogP contribution in [0.25, 0.3) is 0 Å². The van der Waals surface area contributed by atoms with Crippen LogP contribution in [-0.2, 0) is 0 Å².